The third kappa shape index (κ3) is 2.47. The molecule has 0 unspecified atom stereocenters. The molecule has 1 heterocycles. The van der Waals surface area contributed by atoms with E-state index in [1.165, 1.54) is 24.2 Å². The summed E-state index contributed by atoms with van der Waals surface area (Å²) in [4.78, 5) is 16.6. The second kappa shape index (κ2) is 4.18. The minimum absolute atomic E-state index is 0.324. The SMILES string of the molecule is CCOC(=O)c1nc(NC2CC2)sc1C. The molecule has 0 bridgehead atoms. The highest BCUT2D eigenvalue weighted by Crippen LogP contribution is 2.29. The predicted molar refractivity (Wildman–Crippen MR) is 59.5 cm³/mol. The maximum Gasteiger partial charge on any atom is 0.358 e. The van der Waals surface area contributed by atoms with Gasteiger partial charge in [-0.15, -0.1) is 11.3 Å². The fourth-order valence-electron chi connectivity index (χ4n) is 1.25. The molecule has 1 aliphatic rings. The molecule has 2 rings (SSSR count). The van der Waals surface area contributed by atoms with Crippen molar-refractivity contribution in [3.8, 4) is 0 Å². The van der Waals surface area contributed by atoms with Crippen molar-refractivity contribution in [2.24, 2.45) is 0 Å². The van der Waals surface area contributed by atoms with Crippen LogP contribution in [0.3, 0.4) is 0 Å². The molecule has 1 aliphatic carbocycles. The van der Waals surface area contributed by atoms with Crippen LogP contribution in [-0.2, 0) is 4.74 Å². The molecule has 5 heteroatoms. The maximum atomic E-state index is 11.5. The third-order valence-electron chi connectivity index (χ3n) is 2.17. The van der Waals surface area contributed by atoms with Crippen LogP contribution in [0.5, 0.6) is 0 Å². The van der Waals surface area contributed by atoms with Gasteiger partial charge in [-0.25, -0.2) is 9.78 Å². The maximum absolute atomic E-state index is 11.5. The number of esters is 1. The summed E-state index contributed by atoms with van der Waals surface area (Å²) in [5, 5.41) is 4.11. The molecule has 1 aromatic heterocycles. The normalized spacial score (nSPS) is 15.1. The number of carbonyl (C=O) groups excluding carboxylic acids is 1. The van der Waals surface area contributed by atoms with Crippen LogP contribution in [0.1, 0.15) is 35.1 Å². The number of aromatic nitrogens is 1. The van der Waals surface area contributed by atoms with Gasteiger partial charge < -0.3 is 10.1 Å². The first-order valence-electron chi connectivity index (χ1n) is 5.11. The van der Waals surface area contributed by atoms with Crippen molar-refractivity contribution in [2.45, 2.75) is 32.7 Å². The minimum atomic E-state index is -0.324. The number of carbonyl (C=O) groups is 1. The van der Waals surface area contributed by atoms with Crippen molar-refractivity contribution >= 4 is 22.4 Å². The van der Waals surface area contributed by atoms with E-state index in [4.69, 9.17) is 4.74 Å². The molecule has 0 aliphatic heterocycles. The number of rotatable bonds is 4. The Morgan fingerprint density at radius 3 is 3.00 bits per heavy atom. The summed E-state index contributed by atoms with van der Waals surface area (Å²) in [7, 11) is 0. The van der Waals surface area contributed by atoms with Gasteiger partial charge in [-0.3, -0.25) is 0 Å². The van der Waals surface area contributed by atoms with Crippen LogP contribution in [0.15, 0.2) is 0 Å². The molecule has 0 atom stereocenters. The van der Waals surface area contributed by atoms with E-state index in [1.54, 1.807) is 6.92 Å². The van der Waals surface area contributed by atoms with Gasteiger partial charge in [-0.05, 0) is 26.7 Å². The van der Waals surface area contributed by atoms with E-state index in [2.05, 4.69) is 10.3 Å². The number of nitrogens with one attached hydrogen (secondary N) is 1. The first-order chi connectivity index (χ1) is 7.20. The standard InChI is InChI=1S/C10H14N2O2S/c1-3-14-9(13)8-6(2)15-10(12-8)11-7-4-5-7/h7H,3-5H2,1-2H3,(H,11,12). The first-order valence-corrected chi connectivity index (χ1v) is 5.93. The highest BCUT2D eigenvalue weighted by Gasteiger charge is 2.24. The summed E-state index contributed by atoms with van der Waals surface area (Å²) >= 11 is 1.51. The largest absolute Gasteiger partial charge is 0.461 e. The molecule has 82 valence electrons. The quantitative estimate of drug-likeness (QED) is 0.800. The van der Waals surface area contributed by atoms with Crippen molar-refractivity contribution in [3.63, 3.8) is 0 Å². The van der Waals surface area contributed by atoms with Gasteiger partial charge in [0.05, 0.1) is 6.61 Å². The average Bonchev–Trinajstić information content (AvgIpc) is 2.90. The summed E-state index contributed by atoms with van der Waals surface area (Å²) in [6.45, 7) is 4.08. The molecule has 0 radical (unpaired) electrons. The van der Waals surface area contributed by atoms with E-state index in [1.807, 2.05) is 6.92 Å². The van der Waals surface area contributed by atoms with Crippen molar-refractivity contribution in [2.75, 3.05) is 11.9 Å². The molecular formula is C10H14N2O2S. The highest BCUT2D eigenvalue weighted by atomic mass is 32.1. The van der Waals surface area contributed by atoms with Gasteiger partial charge in [-0.2, -0.15) is 0 Å². The fraction of sp³-hybridized carbons (Fsp3) is 0.600. The van der Waals surface area contributed by atoms with Crippen molar-refractivity contribution in [1.82, 2.24) is 4.98 Å². The van der Waals surface area contributed by atoms with Gasteiger partial charge in [-0.1, -0.05) is 0 Å². The molecule has 0 saturated heterocycles. The number of aryl methyl sites for hydroxylation is 1. The molecule has 15 heavy (non-hydrogen) atoms. The number of hydrogen-bond donors (Lipinski definition) is 1. The van der Waals surface area contributed by atoms with E-state index < -0.39 is 0 Å². The van der Waals surface area contributed by atoms with Gasteiger partial charge in [0, 0.05) is 10.9 Å². The lowest BCUT2D eigenvalue weighted by Gasteiger charge is -1.98. The molecule has 0 amide bonds. The van der Waals surface area contributed by atoms with Crippen molar-refractivity contribution in [1.29, 1.82) is 0 Å². The summed E-state index contributed by atoms with van der Waals surface area (Å²) in [5.41, 5.74) is 0.449. The lowest BCUT2D eigenvalue weighted by atomic mass is 10.4. The predicted octanol–water partition coefficient (Wildman–Crippen LogP) is 2.20. The number of thiazole rings is 1. The van der Waals surface area contributed by atoms with Crippen LogP contribution in [0.4, 0.5) is 5.13 Å². The molecule has 0 spiro atoms. The third-order valence-corrected chi connectivity index (χ3v) is 3.07. The second-order valence-corrected chi connectivity index (χ2v) is 4.77. The van der Waals surface area contributed by atoms with E-state index in [-0.39, 0.29) is 5.97 Å². The monoisotopic (exact) mass is 226 g/mol. The van der Waals surface area contributed by atoms with Crippen LogP contribution in [0, 0.1) is 6.92 Å². The van der Waals surface area contributed by atoms with Gasteiger partial charge in [0.1, 0.15) is 0 Å². The summed E-state index contributed by atoms with van der Waals surface area (Å²) in [6, 6.07) is 0.561. The van der Waals surface area contributed by atoms with Gasteiger partial charge in [0.15, 0.2) is 10.8 Å². The van der Waals surface area contributed by atoms with Crippen LogP contribution in [0.2, 0.25) is 0 Å². The van der Waals surface area contributed by atoms with Gasteiger partial charge >= 0.3 is 5.97 Å². The number of ether oxygens (including phenoxy) is 1. The Morgan fingerprint density at radius 2 is 2.40 bits per heavy atom. The highest BCUT2D eigenvalue weighted by molar-refractivity contribution is 7.15. The zero-order chi connectivity index (χ0) is 10.8. The first kappa shape index (κ1) is 10.4. The summed E-state index contributed by atoms with van der Waals surface area (Å²) < 4.78 is 4.92. The van der Waals surface area contributed by atoms with E-state index in [0.29, 0.717) is 18.3 Å². The summed E-state index contributed by atoms with van der Waals surface area (Å²) in [6.07, 6.45) is 2.40. The van der Waals surface area contributed by atoms with Crippen LogP contribution in [-0.4, -0.2) is 23.6 Å². The Hall–Kier alpha value is -1.10. The minimum Gasteiger partial charge on any atom is -0.461 e. The Kier molecular flexibility index (Phi) is 2.90. The summed E-state index contributed by atoms with van der Waals surface area (Å²) in [5.74, 6) is -0.324. The molecule has 0 aromatic carbocycles. The Morgan fingerprint density at radius 1 is 1.67 bits per heavy atom. The van der Waals surface area contributed by atoms with Crippen LogP contribution < -0.4 is 5.32 Å². The lowest BCUT2D eigenvalue weighted by molar-refractivity contribution is 0.0519. The van der Waals surface area contributed by atoms with Crippen molar-refractivity contribution in [3.05, 3.63) is 10.6 Å². The zero-order valence-electron chi connectivity index (χ0n) is 8.87. The fourth-order valence-corrected chi connectivity index (χ4v) is 2.13. The van der Waals surface area contributed by atoms with Crippen LogP contribution in [0.25, 0.3) is 0 Å². The Balaban J connectivity index is 2.09. The van der Waals surface area contributed by atoms with Gasteiger partial charge in [0.2, 0.25) is 0 Å². The number of nitrogens with zero attached hydrogens (tertiary/aromatic N) is 1. The van der Waals surface area contributed by atoms with E-state index >= 15 is 0 Å². The lowest BCUT2D eigenvalue weighted by Crippen LogP contribution is -2.07. The molecule has 1 saturated carbocycles. The van der Waals surface area contributed by atoms with Crippen molar-refractivity contribution < 1.29 is 9.53 Å². The Labute approximate surface area is 92.7 Å². The number of hydrogen-bond acceptors (Lipinski definition) is 5. The van der Waals surface area contributed by atoms with E-state index in [9.17, 15) is 4.79 Å². The zero-order valence-corrected chi connectivity index (χ0v) is 9.69. The molecule has 1 N–H and O–H groups in total. The van der Waals surface area contributed by atoms with E-state index in [0.717, 1.165) is 10.0 Å². The van der Waals surface area contributed by atoms with Gasteiger partial charge in [0.25, 0.3) is 0 Å². The van der Waals surface area contributed by atoms with Crippen LogP contribution >= 0.6 is 11.3 Å². The second-order valence-electron chi connectivity index (χ2n) is 3.56. The molecule has 1 fully saturated rings. The topological polar surface area (TPSA) is 51.2 Å². The molecular weight excluding hydrogens is 212 g/mol. The average molecular weight is 226 g/mol. The number of anilines is 1. The smallest absolute Gasteiger partial charge is 0.358 e. The Bertz CT molecular complexity index is 371. The molecule has 4 nitrogen and oxygen atoms in total. The molecule has 1 aromatic rings.